The van der Waals surface area contributed by atoms with Gasteiger partial charge in [0.15, 0.2) is 0 Å². The lowest BCUT2D eigenvalue weighted by Crippen LogP contribution is -2.43. The normalized spacial score (nSPS) is 43.5. The monoisotopic (exact) mass is 183 g/mol. The van der Waals surface area contributed by atoms with Crippen molar-refractivity contribution in [3.05, 3.63) is 12.7 Å². The molecule has 3 heteroatoms. The zero-order chi connectivity index (χ0) is 9.64. The first-order valence-corrected chi connectivity index (χ1v) is 4.71. The highest BCUT2D eigenvalue weighted by atomic mass is 16.6. The Kier molecular flexibility index (Phi) is 1.98. The van der Waals surface area contributed by atoms with Gasteiger partial charge in [0.1, 0.15) is 17.9 Å². The Morgan fingerprint density at radius 1 is 1.54 bits per heavy atom. The molecule has 0 spiro atoms. The average molecular weight is 183 g/mol. The van der Waals surface area contributed by atoms with E-state index in [4.69, 9.17) is 9.47 Å². The van der Waals surface area contributed by atoms with E-state index in [2.05, 4.69) is 32.4 Å². The van der Waals surface area contributed by atoms with Crippen LogP contribution in [0.15, 0.2) is 12.7 Å². The first-order chi connectivity index (χ1) is 6.06. The highest BCUT2D eigenvalue weighted by Crippen LogP contribution is 2.36. The van der Waals surface area contributed by atoms with Gasteiger partial charge in [0.05, 0.1) is 12.6 Å². The summed E-state index contributed by atoms with van der Waals surface area (Å²) < 4.78 is 11.1. The van der Waals surface area contributed by atoms with Gasteiger partial charge in [-0.05, 0) is 20.9 Å². The van der Waals surface area contributed by atoms with Crippen molar-refractivity contribution < 1.29 is 9.47 Å². The lowest BCUT2D eigenvalue weighted by atomic mass is 10.1. The Morgan fingerprint density at radius 2 is 2.23 bits per heavy atom. The van der Waals surface area contributed by atoms with Crippen molar-refractivity contribution >= 4 is 0 Å². The van der Waals surface area contributed by atoms with Crippen LogP contribution >= 0.6 is 0 Å². The topological polar surface area (TPSA) is 25.0 Å². The molecule has 0 aromatic heterocycles. The number of likely N-dealkylation sites (N-methyl/N-ethyl adjacent to an activating group) is 1. The molecule has 13 heavy (non-hydrogen) atoms. The zero-order valence-electron chi connectivity index (χ0n) is 8.49. The van der Waals surface area contributed by atoms with Crippen molar-refractivity contribution in [2.45, 2.75) is 37.8 Å². The van der Waals surface area contributed by atoms with Crippen LogP contribution in [0.4, 0.5) is 0 Å². The second-order valence-corrected chi connectivity index (χ2v) is 4.24. The molecular weight excluding hydrogens is 166 g/mol. The van der Waals surface area contributed by atoms with Gasteiger partial charge < -0.3 is 9.47 Å². The summed E-state index contributed by atoms with van der Waals surface area (Å²) in [7, 11) is 2.08. The van der Waals surface area contributed by atoms with Gasteiger partial charge in [-0.2, -0.15) is 0 Å². The molecule has 0 N–H and O–H groups in total. The Bertz CT molecular complexity index is 227. The largest absolute Gasteiger partial charge is 0.363 e. The first kappa shape index (κ1) is 9.19. The van der Waals surface area contributed by atoms with E-state index in [1.807, 2.05) is 6.08 Å². The molecule has 0 amide bonds. The molecule has 74 valence electrons. The van der Waals surface area contributed by atoms with Crippen LogP contribution in [0.2, 0.25) is 0 Å². The van der Waals surface area contributed by atoms with E-state index in [1.54, 1.807) is 0 Å². The van der Waals surface area contributed by atoms with Crippen LogP contribution in [0.1, 0.15) is 13.8 Å². The van der Waals surface area contributed by atoms with E-state index in [-0.39, 0.29) is 11.8 Å². The Morgan fingerprint density at radius 3 is 2.62 bits per heavy atom. The quantitative estimate of drug-likeness (QED) is 0.472. The molecule has 2 heterocycles. The number of ether oxygens (including phenoxy) is 2. The van der Waals surface area contributed by atoms with Gasteiger partial charge >= 0.3 is 0 Å². The average Bonchev–Trinajstić information content (AvgIpc) is 2.78. The molecule has 0 saturated carbocycles. The number of nitrogens with zero attached hydrogens (tertiary/aromatic N) is 1. The molecule has 0 radical (unpaired) electrons. The van der Waals surface area contributed by atoms with E-state index >= 15 is 0 Å². The SMILES string of the molecule is C=C[C@H]1O[C@H]1[C@@H]1COC(C)(C)N1C. The van der Waals surface area contributed by atoms with Crippen molar-refractivity contribution in [3.63, 3.8) is 0 Å². The summed E-state index contributed by atoms with van der Waals surface area (Å²) in [6, 6.07) is 0.387. The highest BCUT2D eigenvalue weighted by molar-refractivity contribution is 5.06. The zero-order valence-corrected chi connectivity index (χ0v) is 8.49. The minimum absolute atomic E-state index is 0.150. The van der Waals surface area contributed by atoms with Crippen molar-refractivity contribution in [3.8, 4) is 0 Å². The van der Waals surface area contributed by atoms with Crippen molar-refractivity contribution in [2.75, 3.05) is 13.7 Å². The molecule has 2 aliphatic rings. The fourth-order valence-corrected chi connectivity index (χ4v) is 1.85. The summed E-state index contributed by atoms with van der Waals surface area (Å²) in [5.41, 5.74) is -0.150. The lowest BCUT2D eigenvalue weighted by Gasteiger charge is -2.28. The van der Waals surface area contributed by atoms with E-state index in [9.17, 15) is 0 Å². The maximum absolute atomic E-state index is 5.67. The van der Waals surface area contributed by atoms with Crippen LogP contribution in [0.3, 0.4) is 0 Å². The van der Waals surface area contributed by atoms with Crippen LogP contribution < -0.4 is 0 Å². The lowest BCUT2D eigenvalue weighted by molar-refractivity contribution is -0.0419. The fourth-order valence-electron chi connectivity index (χ4n) is 1.85. The van der Waals surface area contributed by atoms with Crippen LogP contribution in [-0.2, 0) is 9.47 Å². The predicted octanol–water partition coefficient (Wildman–Crippen LogP) is 1.01. The molecule has 2 aliphatic heterocycles. The van der Waals surface area contributed by atoms with Crippen molar-refractivity contribution in [2.24, 2.45) is 0 Å². The minimum atomic E-state index is -0.150. The van der Waals surface area contributed by atoms with Crippen LogP contribution in [0.25, 0.3) is 0 Å². The molecule has 0 aromatic rings. The molecule has 0 bridgehead atoms. The maximum Gasteiger partial charge on any atom is 0.116 e. The van der Waals surface area contributed by atoms with Crippen LogP contribution in [0, 0.1) is 0 Å². The Balaban J connectivity index is 2.00. The molecule has 0 aromatic carbocycles. The van der Waals surface area contributed by atoms with E-state index in [0.29, 0.717) is 12.1 Å². The molecule has 0 unspecified atom stereocenters. The third kappa shape index (κ3) is 1.41. The van der Waals surface area contributed by atoms with Crippen LogP contribution in [-0.4, -0.2) is 42.5 Å². The standard InChI is InChI=1S/C10H17NO2/c1-5-8-9(13-8)7-6-12-10(2,3)11(7)4/h5,7-9H,1,6H2,2-4H3/t7-,8+,9-/m0/s1. The summed E-state index contributed by atoms with van der Waals surface area (Å²) >= 11 is 0. The van der Waals surface area contributed by atoms with Gasteiger partial charge in [-0.15, -0.1) is 6.58 Å². The Hall–Kier alpha value is -0.380. The summed E-state index contributed by atoms with van der Waals surface area (Å²) in [4.78, 5) is 2.24. The molecule has 3 nitrogen and oxygen atoms in total. The minimum Gasteiger partial charge on any atom is -0.363 e. The summed E-state index contributed by atoms with van der Waals surface area (Å²) in [6.07, 6.45) is 2.40. The van der Waals surface area contributed by atoms with Gasteiger partial charge in [-0.3, -0.25) is 4.90 Å². The Labute approximate surface area is 79.3 Å². The van der Waals surface area contributed by atoms with E-state index < -0.39 is 0 Å². The molecule has 2 rings (SSSR count). The van der Waals surface area contributed by atoms with E-state index in [0.717, 1.165) is 6.61 Å². The summed E-state index contributed by atoms with van der Waals surface area (Å²) in [5, 5.41) is 0. The van der Waals surface area contributed by atoms with Crippen molar-refractivity contribution in [1.82, 2.24) is 4.90 Å². The van der Waals surface area contributed by atoms with E-state index in [1.165, 1.54) is 0 Å². The highest BCUT2D eigenvalue weighted by Gasteiger charge is 2.51. The number of epoxide rings is 1. The third-order valence-corrected chi connectivity index (χ3v) is 3.13. The second-order valence-electron chi connectivity index (χ2n) is 4.24. The molecule has 2 fully saturated rings. The second kappa shape index (κ2) is 2.80. The summed E-state index contributed by atoms with van der Waals surface area (Å²) in [5.74, 6) is 0. The van der Waals surface area contributed by atoms with Gasteiger partial charge in [-0.25, -0.2) is 0 Å². The van der Waals surface area contributed by atoms with Gasteiger partial charge in [0.25, 0.3) is 0 Å². The van der Waals surface area contributed by atoms with Gasteiger partial charge in [0.2, 0.25) is 0 Å². The van der Waals surface area contributed by atoms with Gasteiger partial charge in [0, 0.05) is 0 Å². The molecule has 2 saturated heterocycles. The predicted molar refractivity (Wildman–Crippen MR) is 50.4 cm³/mol. The third-order valence-electron chi connectivity index (χ3n) is 3.13. The summed E-state index contributed by atoms with van der Waals surface area (Å²) in [6.45, 7) is 8.65. The molecular formula is C10H17NO2. The first-order valence-electron chi connectivity index (χ1n) is 4.71. The number of rotatable bonds is 2. The smallest absolute Gasteiger partial charge is 0.116 e. The van der Waals surface area contributed by atoms with Crippen molar-refractivity contribution in [1.29, 1.82) is 0 Å². The number of hydrogen-bond donors (Lipinski definition) is 0. The molecule has 3 atom stereocenters. The number of hydrogen-bond acceptors (Lipinski definition) is 3. The molecule has 0 aliphatic carbocycles. The van der Waals surface area contributed by atoms with Crippen LogP contribution in [0.5, 0.6) is 0 Å². The van der Waals surface area contributed by atoms with Gasteiger partial charge in [-0.1, -0.05) is 6.08 Å². The maximum atomic E-state index is 5.67. The fraction of sp³-hybridized carbons (Fsp3) is 0.800.